The molecule has 0 amide bonds. The minimum absolute atomic E-state index is 0.0250. The largest absolute Gasteiger partial charge is 0.493 e. The average Bonchev–Trinajstić information content (AvgIpc) is 2.55. The maximum atomic E-state index is 10.9. The Morgan fingerprint density at radius 1 is 1.17 bits per heavy atom. The summed E-state index contributed by atoms with van der Waals surface area (Å²) < 4.78 is 15.6. The molecule has 1 fully saturated rings. The second kappa shape index (κ2) is 7.11. The Morgan fingerprint density at radius 3 is 2.43 bits per heavy atom. The lowest BCUT2D eigenvalue weighted by molar-refractivity contribution is -0.277. The van der Waals surface area contributed by atoms with E-state index in [1.54, 1.807) is 0 Å². The standard InChI is InChI=1S/C14H18O9/c1-21-8-4-6(13(19)20)2-3-7(8)22-14-12(18)11(17)10(16)9(5-15)23-14/h2-4,9-12,14-18H,5H2,1H3,(H,19,20)/t9-,10-,11+,12-,14-/m1/s1. The number of ether oxygens (including phenoxy) is 3. The minimum Gasteiger partial charge on any atom is -0.493 e. The lowest BCUT2D eigenvalue weighted by atomic mass is 9.99. The van der Waals surface area contributed by atoms with Gasteiger partial charge < -0.3 is 39.7 Å². The van der Waals surface area contributed by atoms with Crippen LogP contribution in [0, 0.1) is 0 Å². The molecule has 9 heteroatoms. The van der Waals surface area contributed by atoms with Crippen LogP contribution < -0.4 is 9.47 Å². The first kappa shape index (κ1) is 17.4. The van der Waals surface area contributed by atoms with Crippen molar-refractivity contribution in [1.82, 2.24) is 0 Å². The van der Waals surface area contributed by atoms with E-state index >= 15 is 0 Å². The van der Waals surface area contributed by atoms with Crippen LogP contribution in [0.15, 0.2) is 18.2 Å². The Hall–Kier alpha value is -1.91. The van der Waals surface area contributed by atoms with E-state index in [9.17, 15) is 20.1 Å². The van der Waals surface area contributed by atoms with Crippen LogP contribution in [0.1, 0.15) is 10.4 Å². The van der Waals surface area contributed by atoms with Crippen LogP contribution in [-0.4, -0.2) is 75.9 Å². The highest BCUT2D eigenvalue weighted by atomic mass is 16.7. The van der Waals surface area contributed by atoms with Crippen LogP contribution in [0.4, 0.5) is 0 Å². The molecule has 1 aromatic rings. The fourth-order valence-corrected chi connectivity index (χ4v) is 2.19. The van der Waals surface area contributed by atoms with Crippen molar-refractivity contribution in [2.75, 3.05) is 13.7 Å². The number of hydrogen-bond acceptors (Lipinski definition) is 8. The van der Waals surface area contributed by atoms with Crippen LogP contribution in [0.5, 0.6) is 11.5 Å². The Bertz CT molecular complexity index is 559. The van der Waals surface area contributed by atoms with Gasteiger partial charge in [0, 0.05) is 0 Å². The molecule has 0 unspecified atom stereocenters. The van der Waals surface area contributed by atoms with E-state index in [2.05, 4.69) is 0 Å². The second-order valence-corrected chi connectivity index (χ2v) is 4.99. The normalized spacial score (nSPS) is 30.7. The van der Waals surface area contributed by atoms with E-state index < -0.39 is 43.3 Å². The van der Waals surface area contributed by atoms with Crippen LogP contribution in [0.25, 0.3) is 0 Å². The summed E-state index contributed by atoms with van der Waals surface area (Å²) in [5, 5.41) is 47.4. The highest BCUT2D eigenvalue weighted by Gasteiger charge is 2.44. The van der Waals surface area contributed by atoms with E-state index in [4.69, 9.17) is 24.4 Å². The summed E-state index contributed by atoms with van der Waals surface area (Å²) in [4.78, 5) is 10.9. The first-order valence-corrected chi connectivity index (χ1v) is 6.77. The zero-order chi connectivity index (χ0) is 17.1. The third kappa shape index (κ3) is 3.54. The molecule has 9 nitrogen and oxygen atoms in total. The third-order valence-corrected chi connectivity index (χ3v) is 3.50. The number of hydrogen-bond donors (Lipinski definition) is 5. The number of rotatable bonds is 5. The summed E-state index contributed by atoms with van der Waals surface area (Å²) in [7, 11) is 1.31. The molecule has 1 aromatic carbocycles. The molecule has 2 rings (SSSR count). The van der Waals surface area contributed by atoms with Crippen molar-refractivity contribution in [1.29, 1.82) is 0 Å². The molecule has 23 heavy (non-hydrogen) atoms. The molecule has 128 valence electrons. The molecule has 1 aliphatic heterocycles. The molecule has 0 spiro atoms. The topological polar surface area (TPSA) is 146 Å². The maximum absolute atomic E-state index is 10.9. The number of carboxylic acids is 1. The summed E-state index contributed by atoms with van der Waals surface area (Å²) in [5.74, 6) is -0.994. The highest BCUT2D eigenvalue weighted by Crippen LogP contribution is 2.31. The van der Waals surface area contributed by atoms with Gasteiger partial charge in [-0.1, -0.05) is 0 Å². The Morgan fingerprint density at radius 2 is 1.87 bits per heavy atom. The lowest BCUT2D eigenvalue weighted by Gasteiger charge is -2.39. The number of carboxylic acid groups (broad SMARTS) is 1. The van der Waals surface area contributed by atoms with Gasteiger partial charge in [0.2, 0.25) is 6.29 Å². The smallest absolute Gasteiger partial charge is 0.335 e. The van der Waals surface area contributed by atoms with Gasteiger partial charge >= 0.3 is 5.97 Å². The number of aromatic carboxylic acids is 1. The molecule has 0 aliphatic carbocycles. The lowest BCUT2D eigenvalue weighted by Crippen LogP contribution is -2.60. The predicted octanol–water partition coefficient (Wildman–Crippen LogP) is -1.43. The van der Waals surface area contributed by atoms with Crippen molar-refractivity contribution in [3.05, 3.63) is 23.8 Å². The summed E-state index contributed by atoms with van der Waals surface area (Å²) >= 11 is 0. The van der Waals surface area contributed by atoms with Gasteiger partial charge in [0.15, 0.2) is 11.5 Å². The molecule has 1 aliphatic rings. The average molecular weight is 330 g/mol. The molecule has 0 saturated carbocycles. The summed E-state index contributed by atoms with van der Waals surface area (Å²) in [5.41, 5.74) is -0.0250. The first-order chi connectivity index (χ1) is 10.9. The molecular weight excluding hydrogens is 312 g/mol. The Balaban J connectivity index is 2.22. The third-order valence-electron chi connectivity index (χ3n) is 3.50. The molecule has 0 aromatic heterocycles. The van der Waals surface area contributed by atoms with E-state index in [1.165, 1.54) is 25.3 Å². The van der Waals surface area contributed by atoms with Crippen LogP contribution in [-0.2, 0) is 4.74 Å². The molecule has 1 saturated heterocycles. The number of aliphatic hydroxyl groups is 4. The SMILES string of the molecule is COc1cc(C(=O)O)ccc1O[C@@H]1O[C@H](CO)[C@@H](O)[C@H](O)[C@H]1O. The van der Waals surface area contributed by atoms with Gasteiger partial charge in [0.1, 0.15) is 24.4 Å². The zero-order valence-electron chi connectivity index (χ0n) is 12.2. The minimum atomic E-state index is -1.57. The predicted molar refractivity (Wildman–Crippen MR) is 74.3 cm³/mol. The number of carbonyl (C=O) groups is 1. The van der Waals surface area contributed by atoms with Crippen molar-refractivity contribution in [3.63, 3.8) is 0 Å². The van der Waals surface area contributed by atoms with Gasteiger partial charge in [-0.05, 0) is 18.2 Å². The van der Waals surface area contributed by atoms with E-state index in [-0.39, 0.29) is 17.1 Å². The Labute approximate surface area is 131 Å². The fraction of sp³-hybridized carbons (Fsp3) is 0.500. The van der Waals surface area contributed by atoms with Crippen molar-refractivity contribution in [3.8, 4) is 11.5 Å². The van der Waals surface area contributed by atoms with Gasteiger partial charge in [0.05, 0.1) is 19.3 Å². The molecule has 1 heterocycles. The monoisotopic (exact) mass is 330 g/mol. The van der Waals surface area contributed by atoms with Gasteiger partial charge in [-0.3, -0.25) is 0 Å². The van der Waals surface area contributed by atoms with Gasteiger partial charge in [0.25, 0.3) is 0 Å². The molecular formula is C14H18O9. The van der Waals surface area contributed by atoms with Crippen molar-refractivity contribution >= 4 is 5.97 Å². The molecule has 0 radical (unpaired) electrons. The van der Waals surface area contributed by atoms with E-state index in [0.29, 0.717) is 0 Å². The summed E-state index contributed by atoms with van der Waals surface area (Å²) in [6.07, 6.45) is -7.13. The maximum Gasteiger partial charge on any atom is 0.335 e. The fourth-order valence-electron chi connectivity index (χ4n) is 2.19. The summed E-state index contributed by atoms with van der Waals surface area (Å²) in [6, 6.07) is 3.80. The zero-order valence-corrected chi connectivity index (χ0v) is 12.2. The van der Waals surface area contributed by atoms with Crippen LogP contribution in [0.3, 0.4) is 0 Å². The molecule has 0 bridgehead atoms. The quantitative estimate of drug-likeness (QED) is 0.438. The van der Waals surface area contributed by atoms with Crippen molar-refractivity contribution < 1.29 is 44.5 Å². The van der Waals surface area contributed by atoms with Gasteiger partial charge in [-0.2, -0.15) is 0 Å². The number of methoxy groups -OCH3 is 1. The van der Waals surface area contributed by atoms with Gasteiger partial charge in [-0.15, -0.1) is 0 Å². The molecule has 5 N–H and O–H groups in total. The Kier molecular flexibility index (Phi) is 5.39. The van der Waals surface area contributed by atoms with Gasteiger partial charge in [-0.25, -0.2) is 4.79 Å². The van der Waals surface area contributed by atoms with Crippen molar-refractivity contribution in [2.24, 2.45) is 0 Å². The van der Waals surface area contributed by atoms with E-state index in [0.717, 1.165) is 0 Å². The number of benzene rings is 1. The first-order valence-electron chi connectivity index (χ1n) is 6.77. The second-order valence-electron chi connectivity index (χ2n) is 4.99. The van der Waals surface area contributed by atoms with Crippen molar-refractivity contribution in [2.45, 2.75) is 30.7 Å². The number of aliphatic hydroxyl groups excluding tert-OH is 4. The van der Waals surface area contributed by atoms with Crippen LogP contribution >= 0.6 is 0 Å². The van der Waals surface area contributed by atoms with E-state index in [1.807, 2.05) is 0 Å². The van der Waals surface area contributed by atoms with Crippen LogP contribution in [0.2, 0.25) is 0 Å². The summed E-state index contributed by atoms with van der Waals surface area (Å²) in [6.45, 7) is -0.583. The highest BCUT2D eigenvalue weighted by molar-refractivity contribution is 5.88. The molecule has 5 atom stereocenters.